The van der Waals surface area contributed by atoms with Gasteiger partial charge in [-0.1, -0.05) is 41.1 Å². The van der Waals surface area contributed by atoms with Crippen LogP contribution in [0.2, 0.25) is 0 Å². The Morgan fingerprint density at radius 1 is 1.12 bits per heavy atom. The summed E-state index contributed by atoms with van der Waals surface area (Å²) in [5.41, 5.74) is 3.51. The Hall–Kier alpha value is -3.36. The van der Waals surface area contributed by atoms with Crippen molar-refractivity contribution >= 4 is 17.2 Å². The quantitative estimate of drug-likeness (QED) is 0.480. The van der Waals surface area contributed by atoms with Gasteiger partial charge in [0.2, 0.25) is 0 Å². The topological polar surface area (TPSA) is 71.2 Å². The molecule has 1 aliphatic heterocycles. The summed E-state index contributed by atoms with van der Waals surface area (Å²) in [5.74, 6) is -0.399. The highest BCUT2D eigenvalue weighted by atomic mass is 32.1. The van der Waals surface area contributed by atoms with E-state index in [-0.39, 0.29) is 30.4 Å². The summed E-state index contributed by atoms with van der Waals surface area (Å²) in [6.07, 6.45) is 1.45. The van der Waals surface area contributed by atoms with Crippen LogP contribution in [-0.4, -0.2) is 43.6 Å². The maximum atomic E-state index is 13.3. The first-order chi connectivity index (χ1) is 16.0. The van der Waals surface area contributed by atoms with Crippen LogP contribution in [0.4, 0.5) is 4.39 Å². The highest BCUT2D eigenvalue weighted by Crippen LogP contribution is 2.38. The van der Waals surface area contributed by atoms with Crippen molar-refractivity contribution in [1.29, 1.82) is 0 Å². The van der Waals surface area contributed by atoms with Crippen molar-refractivity contribution in [2.45, 2.75) is 31.5 Å². The van der Waals surface area contributed by atoms with E-state index in [1.165, 1.54) is 23.5 Å². The van der Waals surface area contributed by atoms with Crippen molar-refractivity contribution in [3.05, 3.63) is 94.1 Å². The number of aliphatic hydroxyl groups excluding tert-OH is 1. The van der Waals surface area contributed by atoms with Gasteiger partial charge in [-0.2, -0.15) is 0 Å². The molecule has 0 spiro atoms. The fourth-order valence-corrected chi connectivity index (χ4v) is 4.99. The van der Waals surface area contributed by atoms with Gasteiger partial charge >= 0.3 is 0 Å². The number of β-amino-alcohol motifs (C(OH)–C–C–N with tert-alkyl or cyclic N) is 1. The first kappa shape index (κ1) is 21.5. The Balaban J connectivity index is 1.46. The largest absolute Gasteiger partial charge is 0.389 e. The molecule has 4 aromatic rings. The van der Waals surface area contributed by atoms with Crippen LogP contribution in [0, 0.1) is 12.7 Å². The van der Waals surface area contributed by atoms with Crippen LogP contribution in [0.3, 0.4) is 0 Å². The maximum Gasteiger partial charge on any atom is 0.264 e. The summed E-state index contributed by atoms with van der Waals surface area (Å²) in [4.78, 5) is 15.7. The van der Waals surface area contributed by atoms with Gasteiger partial charge in [0.1, 0.15) is 11.5 Å². The van der Waals surface area contributed by atoms with Gasteiger partial charge in [0.25, 0.3) is 5.91 Å². The second-order valence-corrected chi connectivity index (χ2v) is 9.27. The third-order valence-corrected chi connectivity index (χ3v) is 6.97. The molecule has 1 aliphatic rings. The molecule has 0 aliphatic carbocycles. The Kier molecular flexibility index (Phi) is 5.78. The molecule has 6 nitrogen and oxygen atoms in total. The Bertz CT molecular complexity index is 1240. The highest BCUT2D eigenvalue weighted by Gasteiger charge is 2.39. The van der Waals surface area contributed by atoms with Gasteiger partial charge in [-0.3, -0.25) is 4.79 Å². The Labute approximate surface area is 194 Å². The third-order valence-electron chi connectivity index (χ3n) is 6.11. The van der Waals surface area contributed by atoms with E-state index in [1.54, 1.807) is 27.9 Å². The predicted molar refractivity (Wildman–Crippen MR) is 124 cm³/mol. The number of aryl methyl sites for hydroxylation is 1. The SMILES string of the molecule is Cc1ccc([C@H]2C[C@H](n3cc(-c4ccc(F)cc4)nn3)[C@@H](O)CN2C(=O)c2cccs2)cc1. The number of piperidine rings is 1. The van der Waals surface area contributed by atoms with Crippen LogP contribution in [0.1, 0.15) is 39.3 Å². The number of benzene rings is 2. The molecule has 1 N–H and O–H groups in total. The lowest BCUT2D eigenvalue weighted by Gasteiger charge is -2.42. The van der Waals surface area contributed by atoms with Crippen molar-refractivity contribution in [2.24, 2.45) is 0 Å². The van der Waals surface area contributed by atoms with Gasteiger partial charge in [-0.15, -0.1) is 16.4 Å². The number of rotatable bonds is 4. The Morgan fingerprint density at radius 3 is 2.58 bits per heavy atom. The van der Waals surface area contributed by atoms with Gasteiger partial charge in [0, 0.05) is 12.1 Å². The summed E-state index contributed by atoms with van der Waals surface area (Å²) >= 11 is 1.40. The van der Waals surface area contributed by atoms with Crippen LogP contribution in [0.15, 0.2) is 72.2 Å². The molecule has 0 bridgehead atoms. The van der Waals surface area contributed by atoms with E-state index in [9.17, 15) is 14.3 Å². The van der Waals surface area contributed by atoms with Crippen LogP contribution >= 0.6 is 11.3 Å². The fourth-order valence-electron chi connectivity index (χ4n) is 4.31. The van der Waals surface area contributed by atoms with Gasteiger partial charge in [0.15, 0.2) is 0 Å². The van der Waals surface area contributed by atoms with Gasteiger partial charge in [-0.25, -0.2) is 9.07 Å². The second-order valence-electron chi connectivity index (χ2n) is 8.32. The molecule has 8 heteroatoms. The van der Waals surface area contributed by atoms with E-state index in [2.05, 4.69) is 10.3 Å². The number of carbonyl (C=O) groups excluding carboxylic acids is 1. The minimum Gasteiger partial charge on any atom is -0.389 e. The van der Waals surface area contributed by atoms with Gasteiger partial charge < -0.3 is 10.0 Å². The zero-order chi connectivity index (χ0) is 22.9. The average Bonchev–Trinajstić information content (AvgIpc) is 3.52. The average molecular weight is 463 g/mol. The number of nitrogens with zero attached hydrogens (tertiary/aromatic N) is 4. The smallest absolute Gasteiger partial charge is 0.264 e. The lowest BCUT2D eigenvalue weighted by Crippen LogP contribution is -2.49. The molecule has 1 fully saturated rings. The molecule has 5 rings (SSSR count). The molecule has 1 saturated heterocycles. The van der Waals surface area contributed by atoms with Crippen molar-refractivity contribution in [3.63, 3.8) is 0 Å². The third kappa shape index (κ3) is 4.31. The minimum absolute atomic E-state index is 0.0846. The minimum atomic E-state index is -0.807. The van der Waals surface area contributed by atoms with E-state index in [0.717, 1.165) is 16.7 Å². The van der Waals surface area contributed by atoms with E-state index in [0.29, 0.717) is 17.0 Å². The van der Waals surface area contributed by atoms with E-state index in [1.807, 2.05) is 48.7 Å². The molecule has 168 valence electrons. The van der Waals surface area contributed by atoms with Crippen molar-refractivity contribution in [3.8, 4) is 11.3 Å². The number of likely N-dealkylation sites (tertiary alicyclic amines) is 1. The summed E-state index contributed by atoms with van der Waals surface area (Å²) < 4.78 is 14.9. The number of amides is 1. The monoisotopic (exact) mass is 462 g/mol. The van der Waals surface area contributed by atoms with Crippen LogP contribution in [0.25, 0.3) is 11.3 Å². The van der Waals surface area contributed by atoms with Crippen molar-refractivity contribution in [1.82, 2.24) is 19.9 Å². The molecular weight excluding hydrogens is 439 g/mol. The van der Waals surface area contributed by atoms with Crippen molar-refractivity contribution in [2.75, 3.05) is 6.54 Å². The van der Waals surface area contributed by atoms with E-state index < -0.39 is 6.10 Å². The van der Waals surface area contributed by atoms with E-state index in [4.69, 9.17) is 0 Å². The molecule has 3 atom stereocenters. The maximum absolute atomic E-state index is 13.3. The molecular formula is C25H23FN4O2S. The summed E-state index contributed by atoms with van der Waals surface area (Å²) in [7, 11) is 0. The second kappa shape index (κ2) is 8.88. The Morgan fingerprint density at radius 2 is 1.88 bits per heavy atom. The summed E-state index contributed by atoms with van der Waals surface area (Å²) in [6, 6.07) is 17.3. The number of aromatic nitrogens is 3. The number of aliphatic hydroxyl groups is 1. The molecule has 0 radical (unpaired) electrons. The van der Waals surface area contributed by atoms with E-state index >= 15 is 0 Å². The number of carbonyl (C=O) groups is 1. The fraction of sp³-hybridized carbons (Fsp3) is 0.240. The first-order valence-electron chi connectivity index (χ1n) is 10.8. The predicted octanol–water partition coefficient (Wildman–Crippen LogP) is 4.64. The first-order valence-corrected chi connectivity index (χ1v) is 11.6. The zero-order valence-electron chi connectivity index (χ0n) is 18.0. The van der Waals surface area contributed by atoms with Gasteiger partial charge in [-0.05, 0) is 54.6 Å². The van der Waals surface area contributed by atoms with Crippen LogP contribution < -0.4 is 0 Å². The molecule has 33 heavy (non-hydrogen) atoms. The standard InChI is InChI=1S/C25H23FN4O2S/c1-16-4-6-18(7-5-16)21-13-22(23(31)15-29(21)25(32)24-3-2-12-33-24)30-14-20(27-28-30)17-8-10-19(26)11-9-17/h2-12,14,21-23,31H,13,15H2,1H3/t21-,22+,23+/m1/s1. The molecule has 0 unspecified atom stereocenters. The van der Waals surface area contributed by atoms with Gasteiger partial charge in [0.05, 0.1) is 29.3 Å². The number of halogens is 1. The number of hydrogen-bond donors (Lipinski definition) is 1. The molecule has 2 aromatic carbocycles. The number of thiophene rings is 1. The molecule has 2 aromatic heterocycles. The summed E-state index contributed by atoms with van der Waals surface area (Å²) in [6.45, 7) is 2.21. The molecule has 1 amide bonds. The highest BCUT2D eigenvalue weighted by molar-refractivity contribution is 7.12. The zero-order valence-corrected chi connectivity index (χ0v) is 18.8. The van der Waals surface area contributed by atoms with Crippen LogP contribution in [-0.2, 0) is 0 Å². The molecule has 3 heterocycles. The lowest BCUT2D eigenvalue weighted by molar-refractivity contribution is -0.00383. The van der Waals surface area contributed by atoms with Crippen LogP contribution in [0.5, 0.6) is 0 Å². The summed E-state index contributed by atoms with van der Waals surface area (Å²) in [5, 5.41) is 21.4. The normalized spacial score (nSPS) is 20.7. The number of hydrogen-bond acceptors (Lipinski definition) is 5. The lowest BCUT2D eigenvalue weighted by atomic mass is 9.89. The van der Waals surface area contributed by atoms with Crippen molar-refractivity contribution < 1.29 is 14.3 Å². The molecule has 0 saturated carbocycles.